The monoisotopic (exact) mass is 411 g/mol. The standard InChI is InChI=1S/C22H17N7O2/c1-12-14-6-3-2-5-13(14)11-17(25-12)20(31)29-22-26-16-8-4-7-15(18(16)27-22)19(30)28-21-23-9-10-24-21/h2-11H,1H3,(H2,23,24,28,30)(H2,26,27,29,31). The first-order valence-electron chi connectivity index (χ1n) is 9.56. The number of aromatic nitrogens is 5. The third-order valence-corrected chi connectivity index (χ3v) is 4.88. The normalized spacial score (nSPS) is 11.0. The second-order valence-electron chi connectivity index (χ2n) is 6.95. The molecule has 5 rings (SSSR count). The number of H-pyrrole nitrogens is 2. The molecule has 2 aromatic carbocycles. The van der Waals surface area contributed by atoms with Crippen molar-refractivity contribution >= 4 is 45.5 Å². The van der Waals surface area contributed by atoms with Gasteiger partial charge in [-0.05, 0) is 30.5 Å². The predicted octanol–water partition coefficient (Wildman–Crippen LogP) is 3.65. The zero-order chi connectivity index (χ0) is 21.4. The number of rotatable bonds is 4. The van der Waals surface area contributed by atoms with E-state index in [1.54, 1.807) is 36.7 Å². The van der Waals surface area contributed by atoms with E-state index < -0.39 is 5.91 Å². The number of carbonyl (C=O) groups excluding carboxylic acids is 2. The van der Waals surface area contributed by atoms with E-state index in [-0.39, 0.29) is 17.5 Å². The highest BCUT2D eigenvalue weighted by molar-refractivity contribution is 6.11. The Morgan fingerprint density at radius 1 is 0.935 bits per heavy atom. The van der Waals surface area contributed by atoms with Gasteiger partial charge in [0.1, 0.15) is 11.2 Å². The fraction of sp³-hybridized carbons (Fsp3) is 0.0455. The maximum Gasteiger partial charge on any atom is 0.276 e. The van der Waals surface area contributed by atoms with Crippen LogP contribution in [0.25, 0.3) is 21.8 Å². The van der Waals surface area contributed by atoms with Gasteiger partial charge in [0.25, 0.3) is 11.8 Å². The molecular formula is C22H17N7O2. The lowest BCUT2D eigenvalue weighted by Crippen LogP contribution is -2.15. The molecule has 0 saturated heterocycles. The van der Waals surface area contributed by atoms with Crippen molar-refractivity contribution < 1.29 is 9.59 Å². The fourth-order valence-electron chi connectivity index (χ4n) is 3.44. The average Bonchev–Trinajstić information content (AvgIpc) is 3.42. The summed E-state index contributed by atoms with van der Waals surface area (Å²) in [7, 11) is 0. The number of nitrogens with one attached hydrogen (secondary N) is 4. The van der Waals surface area contributed by atoms with Crippen LogP contribution in [-0.4, -0.2) is 36.7 Å². The van der Waals surface area contributed by atoms with Gasteiger partial charge in [0.15, 0.2) is 0 Å². The van der Waals surface area contributed by atoms with Crippen molar-refractivity contribution in [2.24, 2.45) is 0 Å². The van der Waals surface area contributed by atoms with Crippen LogP contribution in [0.4, 0.5) is 11.9 Å². The van der Waals surface area contributed by atoms with Crippen molar-refractivity contribution in [2.75, 3.05) is 10.6 Å². The molecule has 9 nitrogen and oxygen atoms in total. The highest BCUT2D eigenvalue weighted by Gasteiger charge is 2.17. The molecule has 0 aliphatic rings. The van der Waals surface area contributed by atoms with Crippen molar-refractivity contribution in [3.63, 3.8) is 0 Å². The lowest BCUT2D eigenvalue weighted by Gasteiger charge is -2.06. The summed E-state index contributed by atoms with van der Waals surface area (Å²) in [4.78, 5) is 44.1. The minimum Gasteiger partial charge on any atom is -0.331 e. The number of imidazole rings is 2. The number of fused-ring (bicyclic) bond motifs is 2. The largest absolute Gasteiger partial charge is 0.331 e. The minimum absolute atomic E-state index is 0.228. The van der Waals surface area contributed by atoms with E-state index in [0.29, 0.717) is 22.5 Å². The molecule has 0 aliphatic carbocycles. The zero-order valence-electron chi connectivity index (χ0n) is 16.4. The molecule has 0 atom stereocenters. The molecule has 0 spiro atoms. The average molecular weight is 411 g/mol. The van der Waals surface area contributed by atoms with E-state index in [1.807, 2.05) is 31.2 Å². The van der Waals surface area contributed by atoms with Gasteiger partial charge >= 0.3 is 0 Å². The first kappa shape index (κ1) is 18.5. The van der Waals surface area contributed by atoms with Crippen molar-refractivity contribution in [3.05, 3.63) is 77.9 Å². The summed E-state index contributed by atoms with van der Waals surface area (Å²) in [5.41, 5.74) is 2.46. The minimum atomic E-state index is -0.394. The number of anilines is 2. The summed E-state index contributed by atoms with van der Waals surface area (Å²) >= 11 is 0. The Morgan fingerprint density at radius 3 is 2.61 bits per heavy atom. The Morgan fingerprint density at radius 2 is 1.77 bits per heavy atom. The van der Waals surface area contributed by atoms with E-state index in [2.05, 4.69) is 35.6 Å². The number of nitrogens with zero attached hydrogens (tertiary/aromatic N) is 3. The van der Waals surface area contributed by atoms with Crippen molar-refractivity contribution in [2.45, 2.75) is 6.92 Å². The van der Waals surface area contributed by atoms with Crippen LogP contribution in [0.3, 0.4) is 0 Å². The number of aromatic amines is 2. The molecule has 0 radical (unpaired) electrons. The molecule has 5 aromatic rings. The van der Waals surface area contributed by atoms with Gasteiger partial charge in [-0.2, -0.15) is 0 Å². The number of benzene rings is 2. The quantitative estimate of drug-likeness (QED) is 0.359. The maximum absolute atomic E-state index is 12.8. The lowest BCUT2D eigenvalue weighted by atomic mass is 10.1. The summed E-state index contributed by atoms with van der Waals surface area (Å²) < 4.78 is 0. The maximum atomic E-state index is 12.8. The molecule has 0 unspecified atom stereocenters. The van der Waals surface area contributed by atoms with Crippen molar-refractivity contribution in [1.29, 1.82) is 0 Å². The van der Waals surface area contributed by atoms with E-state index in [9.17, 15) is 9.59 Å². The number of carbonyl (C=O) groups is 2. The molecule has 0 saturated carbocycles. The van der Waals surface area contributed by atoms with E-state index in [4.69, 9.17) is 0 Å². The van der Waals surface area contributed by atoms with E-state index in [1.165, 1.54) is 0 Å². The fourth-order valence-corrected chi connectivity index (χ4v) is 3.44. The summed E-state index contributed by atoms with van der Waals surface area (Å²) in [5, 5.41) is 7.33. The second-order valence-corrected chi connectivity index (χ2v) is 6.95. The first-order chi connectivity index (χ1) is 15.1. The number of aryl methyl sites for hydroxylation is 1. The number of para-hydroxylation sites is 1. The SMILES string of the molecule is Cc1nc(C(=O)Nc2nc3c(C(=O)Nc4ncc[nH]4)cccc3[nH]2)cc2ccccc12. The highest BCUT2D eigenvalue weighted by atomic mass is 16.2. The predicted molar refractivity (Wildman–Crippen MR) is 117 cm³/mol. The molecule has 31 heavy (non-hydrogen) atoms. The summed E-state index contributed by atoms with van der Waals surface area (Å²) in [5.74, 6) is -0.194. The van der Waals surface area contributed by atoms with Crippen LogP contribution in [0.5, 0.6) is 0 Å². The van der Waals surface area contributed by atoms with Gasteiger partial charge < -0.3 is 9.97 Å². The van der Waals surface area contributed by atoms with E-state index >= 15 is 0 Å². The van der Waals surface area contributed by atoms with Crippen LogP contribution in [0.15, 0.2) is 60.9 Å². The molecule has 0 bridgehead atoms. The first-order valence-corrected chi connectivity index (χ1v) is 9.56. The number of amides is 2. The topological polar surface area (TPSA) is 128 Å². The zero-order valence-corrected chi connectivity index (χ0v) is 16.4. The summed E-state index contributed by atoms with van der Waals surface area (Å²) in [6, 6.07) is 14.7. The van der Waals surface area contributed by atoms with Crippen LogP contribution in [0.2, 0.25) is 0 Å². The molecule has 4 N–H and O–H groups in total. The highest BCUT2D eigenvalue weighted by Crippen LogP contribution is 2.21. The van der Waals surface area contributed by atoms with Gasteiger partial charge in [0, 0.05) is 23.5 Å². The molecule has 0 fully saturated rings. The van der Waals surface area contributed by atoms with Gasteiger partial charge in [-0.15, -0.1) is 0 Å². The molecule has 3 aromatic heterocycles. The van der Waals surface area contributed by atoms with Gasteiger partial charge in [-0.3, -0.25) is 20.2 Å². The van der Waals surface area contributed by atoms with Crippen LogP contribution >= 0.6 is 0 Å². The molecule has 2 amide bonds. The molecule has 3 heterocycles. The van der Waals surface area contributed by atoms with Gasteiger partial charge in [0.05, 0.1) is 11.1 Å². The molecule has 0 aliphatic heterocycles. The van der Waals surface area contributed by atoms with Crippen LogP contribution < -0.4 is 10.6 Å². The lowest BCUT2D eigenvalue weighted by molar-refractivity contribution is 0.101. The van der Waals surface area contributed by atoms with Gasteiger partial charge in [-0.1, -0.05) is 30.3 Å². The van der Waals surface area contributed by atoms with Crippen molar-refractivity contribution in [3.8, 4) is 0 Å². The summed E-state index contributed by atoms with van der Waals surface area (Å²) in [6.45, 7) is 1.87. The molecule has 9 heteroatoms. The van der Waals surface area contributed by atoms with Gasteiger partial charge in [0.2, 0.25) is 11.9 Å². The van der Waals surface area contributed by atoms with E-state index in [0.717, 1.165) is 16.5 Å². The Kier molecular flexibility index (Phi) is 4.40. The number of hydrogen-bond donors (Lipinski definition) is 4. The third kappa shape index (κ3) is 3.48. The smallest absolute Gasteiger partial charge is 0.276 e. The Hall–Kier alpha value is -4.53. The van der Waals surface area contributed by atoms with Crippen LogP contribution in [0, 0.1) is 6.92 Å². The Bertz CT molecular complexity index is 1440. The number of pyridine rings is 1. The van der Waals surface area contributed by atoms with Crippen LogP contribution in [0.1, 0.15) is 26.5 Å². The number of hydrogen-bond acceptors (Lipinski definition) is 5. The van der Waals surface area contributed by atoms with Crippen LogP contribution in [-0.2, 0) is 0 Å². The molecular weight excluding hydrogens is 394 g/mol. The second kappa shape index (κ2) is 7.38. The Labute approximate surface area is 176 Å². The molecule has 152 valence electrons. The Balaban J connectivity index is 1.43. The van der Waals surface area contributed by atoms with Gasteiger partial charge in [-0.25, -0.2) is 15.0 Å². The third-order valence-electron chi connectivity index (χ3n) is 4.88. The van der Waals surface area contributed by atoms with Crippen molar-refractivity contribution in [1.82, 2.24) is 24.9 Å². The summed E-state index contributed by atoms with van der Waals surface area (Å²) in [6.07, 6.45) is 3.15.